The Labute approximate surface area is 167 Å². The maximum absolute atomic E-state index is 12.8. The van der Waals surface area contributed by atoms with Crippen LogP contribution in [0.5, 0.6) is 0 Å². The number of amides is 1. The van der Waals surface area contributed by atoms with Gasteiger partial charge in [-0.25, -0.2) is 8.42 Å². The van der Waals surface area contributed by atoms with E-state index in [1.165, 1.54) is 28.6 Å². The maximum atomic E-state index is 12.8. The highest BCUT2D eigenvalue weighted by molar-refractivity contribution is 7.89. The number of alkyl halides is 3. The van der Waals surface area contributed by atoms with Gasteiger partial charge in [-0.2, -0.15) is 17.5 Å². The van der Waals surface area contributed by atoms with Crippen LogP contribution in [0, 0.1) is 0 Å². The molecule has 2 aromatic rings. The molecule has 0 unspecified atom stereocenters. The van der Waals surface area contributed by atoms with Crippen molar-refractivity contribution >= 4 is 21.6 Å². The standard InChI is InChI=1S/C20H21F3N2O3S/c21-20(22,23)16-5-4-6-17(14-16)24-19(26)13-15-7-9-18(10-8-15)29(27,28)25-11-2-1-3-12-25/h4-10,14H,1-3,11-13H2,(H,24,26). The number of carbonyl (C=O) groups excluding carboxylic acids is 1. The second kappa shape index (κ2) is 8.54. The predicted octanol–water partition coefficient (Wildman–Crippen LogP) is 4.06. The molecule has 1 fully saturated rings. The molecule has 0 radical (unpaired) electrons. The van der Waals surface area contributed by atoms with Crippen LogP contribution >= 0.6 is 0 Å². The number of rotatable bonds is 5. The van der Waals surface area contributed by atoms with Crippen molar-refractivity contribution in [1.82, 2.24) is 4.31 Å². The van der Waals surface area contributed by atoms with Gasteiger partial charge in [-0.15, -0.1) is 0 Å². The van der Waals surface area contributed by atoms with Crippen molar-refractivity contribution < 1.29 is 26.4 Å². The van der Waals surface area contributed by atoms with Crippen LogP contribution in [0.1, 0.15) is 30.4 Å². The lowest BCUT2D eigenvalue weighted by Gasteiger charge is -2.25. The lowest BCUT2D eigenvalue weighted by Crippen LogP contribution is -2.35. The van der Waals surface area contributed by atoms with E-state index in [4.69, 9.17) is 0 Å². The summed E-state index contributed by atoms with van der Waals surface area (Å²) in [6, 6.07) is 10.4. The van der Waals surface area contributed by atoms with Crippen LogP contribution in [0.15, 0.2) is 53.4 Å². The lowest BCUT2D eigenvalue weighted by molar-refractivity contribution is -0.137. The molecule has 3 rings (SSSR count). The van der Waals surface area contributed by atoms with Gasteiger partial charge in [-0.1, -0.05) is 24.6 Å². The number of hydrogen-bond acceptors (Lipinski definition) is 3. The molecule has 1 amide bonds. The molecule has 1 aliphatic heterocycles. The van der Waals surface area contributed by atoms with E-state index in [9.17, 15) is 26.4 Å². The molecular formula is C20H21F3N2O3S. The summed E-state index contributed by atoms with van der Waals surface area (Å²) in [4.78, 5) is 12.3. The van der Waals surface area contributed by atoms with Crippen molar-refractivity contribution in [1.29, 1.82) is 0 Å². The first-order valence-electron chi connectivity index (χ1n) is 9.22. The Balaban J connectivity index is 1.64. The third-order valence-electron chi connectivity index (χ3n) is 4.71. The maximum Gasteiger partial charge on any atom is 0.416 e. The summed E-state index contributed by atoms with van der Waals surface area (Å²) < 4.78 is 65.0. The first kappa shape index (κ1) is 21.3. The van der Waals surface area contributed by atoms with Crippen molar-refractivity contribution in [2.24, 2.45) is 0 Å². The van der Waals surface area contributed by atoms with Crippen LogP contribution in [0.3, 0.4) is 0 Å². The minimum atomic E-state index is -4.49. The van der Waals surface area contributed by atoms with E-state index in [0.717, 1.165) is 31.4 Å². The molecule has 1 saturated heterocycles. The van der Waals surface area contributed by atoms with E-state index in [-0.39, 0.29) is 17.0 Å². The second-order valence-corrected chi connectivity index (χ2v) is 8.85. The van der Waals surface area contributed by atoms with Crippen LogP contribution in [-0.4, -0.2) is 31.7 Å². The number of halogens is 3. The average Bonchev–Trinajstić information content (AvgIpc) is 2.68. The zero-order chi connectivity index (χ0) is 21.1. The lowest BCUT2D eigenvalue weighted by atomic mass is 10.1. The van der Waals surface area contributed by atoms with E-state index >= 15 is 0 Å². The number of carbonyl (C=O) groups is 1. The minimum Gasteiger partial charge on any atom is -0.326 e. The zero-order valence-corrected chi connectivity index (χ0v) is 16.4. The van der Waals surface area contributed by atoms with Crippen LogP contribution < -0.4 is 5.32 Å². The predicted molar refractivity (Wildman–Crippen MR) is 103 cm³/mol. The van der Waals surface area contributed by atoms with Crippen molar-refractivity contribution in [2.45, 2.75) is 36.8 Å². The summed E-state index contributed by atoms with van der Waals surface area (Å²) in [6.07, 6.45) is -1.87. The van der Waals surface area contributed by atoms with Crippen LogP contribution in [-0.2, 0) is 27.4 Å². The molecule has 0 aliphatic carbocycles. The SMILES string of the molecule is O=C(Cc1ccc(S(=O)(=O)N2CCCCC2)cc1)Nc1cccc(C(F)(F)F)c1. The fourth-order valence-electron chi connectivity index (χ4n) is 3.20. The Morgan fingerprint density at radius 2 is 1.66 bits per heavy atom. The second-order valence-electron chi connectivity index (χ2n) is 6.91. The Morgan fingerprint density at radius 1 is 1.00 bits per heavy atom. The molecular weight excluding hydrogens is 405 g/mol. The number of benzene rings is 2. The summed E-state index contributed by atoms with van der Waals surface area (Å²) in [5.41, 5.74) is -0.233. The molecule has 5 nitrogen and oxygen atoms in total. The van der Waals surface area contributed by atoms with Crippen molar-refractivity contribution in [2.75, 3.05) is 18.4 Å². The molecule has 0 saturated carbocycles. The Kier molecular flexibility index (Phi) is 6.28. The van der Waals surface area contributed by atoms with Crippen molar-refractivity contribution in [3.63, 3.8) is 0 Å². The van der Waals surface area contributed by atoms with Gasteiger partial charge in [-0.3, -0.25) is 4.79 Å². The number of nitrogens with one attached hydrogen (secondary N) is 1. The van der Waals surface area contributed by atoms with Gasteiger partial charge in [0.25, 0.3) is 0 Å². The fraction of sp³-hybridized carbons (Fsp3) is 0.350. The third-order valence-corrected chi connectivity index (χ3v) is 6.63. The molecule has 0 spiro atoms. The average molecular weight is 426 g/mol. The highest BCUT2D eigenvalue weighted by Crippen LogP contribution is 2.30. The molecule has 2 aromatic carbocycles. The molecule has 0 bridgehead atoms. The molecule has 29 heavy (non-hydrogen) atoms. The molecule has 1 aliphatic rings. The monoisotopic (exact) mass is 426 g/mol. The van der Waals surface area contributed by atoms with Crippen LogP contribution in [0.2, 0.25) is 0 Å². The first-order valence-corrected chi connectivity index (χ1v) is 10.7. The molecule has 1 N–H and O–H groups in total. The highest BCUT2D eigenvalue weighted by atomic mass is 32.2. The number of sulfonamides is 1. The molecule has 0 aromatic heterocycles. The summed E-state index contributed by atoms with van der Waals surface area (Å²) in [6.45, 7) is 1.01. The van der Waals surface area contributed by atoms with Crippen molar-refractivity contribution in [3.05, 3.63) is 59.7 Å². The topological polar surface area (TPSA) is 66.5 Å². The Bertz CT molecular complexity index is 967. The van der Waals surface area contributed by atoms with Gasteiger partial charge in [0.2, 0.25) is 15.9 Å². The van der Waals surface area contributed by atoms with E-state index in [2.05, 4.69) is 5.32 Å². The Hall–Kier alpha value is -2.39. The van der Waals surface area contributed by atoms with Gasteiger partial charge in [0.05, 0.1) is 16.9 Å². The van der Waals surface area contributed by atoms with Gasteiger partial charge in [0, 0.05) is 18.8 Å². The smallest absolute Gasteiger partial charge is 0.326 e. The highest BCUT2D eigenvalue weighted by Gasteiger charge is 2.30. The number of hydrogen-bond donors (Lipinski definition) is 1. The molecule has 1 heterocycles. The van der Waals surface area contributed by atoms with Gasteiger partial charge >= 0.3 is 6.18 Å². The molecule has 9 heteroatoms. The summed E-state index contributed by atoms with van der Waals surface area (Å²) >= 11 is 0. The Morgan fingerprint density at radius 3 is 2.28 bits per heavy atom. The summed E-state index contributed by atoms with van der Waals surface area (Å²) in [5.74, 6) is -0.490. The largest absolute Gasteiger partial charge is 0.416 e. The van der Waals surface area contributed by atoms with Gasteiger partial charge < -0.3 is 5.32 Å². The van der Waals surface area contributed by atoms with Gasteiger partial charge in [-0.05, 0) is 48.7 Å². The minimum absolute atomic E-state index is 0.0501. The van der Waals surface area contributed by atoms with Crippen LogP contribution in [0.4, 0.5) is 18.9 Å². The van der Waals surface area contributed by atoms with Crippen molar-refractivity contribution in [3.8, 4) is 0 Å². The van der Waals surface area contributed by atoms with E-state index in [1.807, 2.05) is 0 Å². The van der Waals surface area contributed by atoms with Gasteiger partial charge in [0.15, 0.2) is 0 Å². The molecule has 0 atom stereocenters. The van der Waals surface area contributed by atoms with E-state index in [0.29, 0.717) is 18.7 Å². The van der Waals surface area contributed by atoms with E-state index in [1.54, 1.807) is 12.1 Å². The fourth-order valence-corrected chi connectivity index (χ4v) is 4.71. The quantitative estimate of drug-likeness (QED) is 0.784. The normalized spacial score (nSPS) is 15.8. The van der Waals surface area contributed by atoms with E-state index < -0.39 is 27.7 Å². The number of piperidine rings is 1. The van der Waals surface area contributed by atoms with Crippen LogP contribution in [0.25, 0.3) is 0 Å². The molecule has 156 valence electrons. The summed E-state index contributed by atoms with van der Waals surface area (Å²) in [5, 5.41) is 2.43. The number of nitrogens with zero attached hydrogens (tertiary/aromatic N) is 1. The summed E-state index contributed by atoms with van der Waals surface area (Å²) in [7, 11) is -3.55. The zero-order valence-electron chi connectivity index (χ0n) is 15.6. The number of anilines is 1. The van der Waals surface area contributed by atoms with Gasteiger partial charge in [0.1, 0.15) is 0 Å². The third kappa shape index (κ3) is 5.36. The first-order chi connectivity index (χ1) is 13.7.